The number of allylic oxidation sites excluding steroid dienone is 2. The highest BCUT2D eigenvalue weighted by atomic mass is 16.3. The number of hydrogen-bond donors (Lipinski definition) is 1. The van der Waals surface area contributed by atoms with Gasteiger partial charge in [0.1, 0.15) is 0 Å². The third-order valence-corrected chi connectivity index (χ3v) is 3.23. The van der Waals surface area contributed by atoms with Gasteiger partial charge in [0.2, 0.25) is 0 Å². The molecular formula is C16H19NO. The smallest absolute Gasteiger partial charge is 0.0794 e. The molecule has 0 aliphatic carbocycles. The van der Waals surface area contributed by atoms with Gasteiger partial charge < -0.3 is 5.11 Å². The number of likely N-dealkylation sites (tertiary alicyclic amines) is 1. The summed E-state index contributed by atoms with van der Waals surface area (Å²) in [5, 5.41) is 9.49. The second kappa shape index (κ2) is 5.80. The van der Waals surface area contributed by atoms with Crippen LogP contribution in [0.25, 0.3) is 0 Å². The Morgan fingerprint density at radius 2 is 1.94 bits per heavy atom. The van der Waals surface area contributed by atoms with Crippen LogP contribution in [0.3, 0.4) is 0 Å². The van der Waals surface area contributed by atoms with Gasteiger partial charge >= 0.3 is 0 Å². The summed E-state index contributed by atoms with van der Waals surface area (Å²) in [5.74, 6) is 0. The zero-order chi connectivity index (χ0) is 13.0. The predicted molar refractivity (Wildman–Crippen MR) is 75.2 cm³/mol. The lowest BCUT2D eigenvalue weighted by atomic mass is 9.93. The SMILES string of the molecule is C=C/C=C(\C=C)C(c1ccccc1)N1CC(O)C1. The van der Waals surface area contributed by atoms with Crippen molar-refractivity contribution >= 4 is 0 Å². The molecule has 2 heteroatoms. The molecule has 0 saturated carbocycles. The molecule has 1 aromatic carbocycles. The van der Waals surface area contributed by atoms with Crippen molar-refractivity contribution in [3.8, 4) is 0 Å². The van der Waals surface area contributed by atoms with Gasteiger partial charge in [-0.2, -0.15) is 0 Å². The van der Waals surface area contributed by atoms with E-state index in [2.05, 4.69) is 30.2 Å². The number of rotatable bonds is 5. The van der Waals surface area contributed by atoms with Crippen LogP contribution in [0.2, 0.25) is 0 Å². The lowest BCUT2D eigenvalue weighted by Crippen LogP contribution is -2.52. The molecule has 1 atom stereocenters. The zero-order valence-electron chi connectivity index (χ0n) is 10.5. The van der Waals surface area contributed by atoms with Crippen molar-refractivity contribution in [2.24, 2.45) is 0 Å². The van der Waals surface area contributed by atoms with Crippen LogP contribution >= 0.6 is 0 Å². The summed E-state index contributed by atoms with van der Waals surface area (Å²) >= 11 is 0. The van der Waals surface area contributed by atoms with Crippen molar-refractivity contribution in [2.75, 3.05) is 13.1 Å². The normalized spacial score (nSPS) is 19.1. The number of nitrogens with zero attached hydrogens (tertiary/aromatic N) is 1. The van der Waals surface area contributed by atoms with Crippen LogP contribution in [0.4, 0.5) is 0 Å². The second-order valence-corrected chi connectivity index (χ2v) is 4.53. The monoisotopic (exact) mass is 241 g/mol. The first-order valence-electron chi connectivity index (χ1n) is 6.18. The lowest BCUT2D eigenvalue weighted by molar-refractivity contribution is -0.0162. The molecule has 94 valence electrons. The number of aliphatic hydroxyl groups excluding tert-OH is 1. The van der Waals surface area contributed by atoms with E-state index in [0.29, 0.717) is 13.1 Å². The molecule has 0 spiro atoms. The van der Waals surface area contributed by atoms with E-state index in [1.807, 2.05) is 30.4 Å². The Morgan fingerprint density at radius 3 is 2.44 bits per heavy atom. The molecule has 1 aromatic rings. The molecule has 18 heavy (non-hydrogen) atoms. The summed E-state index contributed by atoms with van der Waals surface area (Å²) in [7, 11) is 0. The molecule has 1 heterocycles. The maximum atomic E-state index is 9.49. The van der Waals surface area contributed by atoms with Crippen molar-refractivity contribution in [3.63, 3.8) is 0 Å². The minimum Gasteiger partial charge on any atom is -0.390 e. The standard InChI is InChI=1S/C16H19NO/c1-3-8-13(4-2)16(17-11-15(18)12-17)14-9-6-5-7-10-14/h3-10,15-16,18H,1-2,11-12H2/b13-8+. The van der Waals surface area contributed by atoms with Crippen LogP contribution in [0.1, 0.15) is 11.6 Å². The van der Waals surface area contributed by atoms with E-state index in [1.54, 1.807) is 6.08 Å². The summed E-state index contributed by atoms with van der Waals surface area (Å²) in [4.78, 5) is 2.25. The van der Waals surface area contributed by atoms with Crippen molar-refractivity contribution in [1.29, 1.82) is 0 Å². The van der Waals surface area contributed by atoms with E-state index in [4.69, 9.17) is 0 Å². The fourth-order valence-electron chi connectivity index (χ4n) is 2.36. The summed E-state index contributed by atoms with van der Waals surface area (Å²) < 4.78 is 0. The molecule has 1 saturated heterocycles. The van der Waals surface area contributed by atoms with E-state index < -0.39 is 0 Å². The van der Waals surface area contributed by atoms with Crippen LogP contribution in [-0.4, -0.2) is 29.2 Å². The third-order valence-electron chi connectivity index (χ3n) is 3.23. The topological polar surface area (TPSA) is 23.5 Å². The fourth-order valence-corrected chi connectivity index (χ4v) is 2.36. The van der Waals surface area contributed by atoms with Gasteiger partial charge in [-0.3, -0.25) is 4.90 Å². The highest BCUT2D eigenvalue weighted by Gasteiger charge is 2.32. The number of β-amino-alcohol motifs (C(OH)–C–C–N with tert-alkyl or cyclic N) is 1. The molecule has 1 unspecified atom stereocenters. The molecule has 0 bridgehead atoms. The van der Waals surface area contributed by atoms with Crippen LogP contribution in [0.5, 0.6) is 0 Å². The zero-order valence-corrected chi connectivity index (χ0v) is 10.5. The first-order valence-corrected chi connectivity index (χ1v) is 6.18. The highest BCUT2D eigenvalue weighted by molar-refractivity contribution is 5.36. The average Bonchev–Trinajstić information content (AvgIpc) is 2.37. The Hall–Kier alpha value is -1.64. The minimum atomic E-state index is -0.203. The summed E-state index contributed by atoms with van der Waals surface area (Å²) in [5.41, 5.74) is 2.33. The summed E-state index contributed by atoms with van der Waals surface area (Å²) in [6.07, 6.45) is 5.42. The van der Waals surface area contributed by atoms with E-state index in [9.17, 15) is 5.11 Å². The van der Waals surface area contributed by atoms with E-state index in [1.165, 1.54) is 5.56 Å². The highest BCUT2D eigenvalue weighted by Crippen LogP contribution is 2.32. The van der Waals surface area contributed by atoms with Gasteiger partial charge in [-0.05, 0) is 11.1 Å². The van der Waals surface area contributed by atoms with E-state index in [0.717, 1.165) is 5.57 Å². The largest absolute Gasteiger partial charge is 0.390 e. The minimum absolute atomic E-state index is 0.157. The summed E-state index contributed by atoms with van der Waals surface area (Å²) in [6.45, 7) is 9.05. The number of benzene rings is 1. The number of hydrogen-bond acceptors (Lipinski definition) is 2. The molecule has 0 aromatic heterocycles. The quantitative estimate of drug-likeness (QED) is 0.801. The van der Waals surface area contributed by atoms with Crippen LogP contribution in [0, 0.1) is 0 Å². The fraction of sp³-hybridized carbons (Fsp3) is 0.250. The lowest BCUT2D eigenvalue weighted by Gasteiger charge is -2.42. The van der Waals surface area contributed by atoms with Gasteiger partial charge in [0.15, 0.2) is 0 Å². The predicted octanol–water partition coefficient (Wildman–Crippen LogP) is 2.70. The van der Waals surface area contributed by atoms with Crippen molar-refractivity contribution < 1.29 is 5.11 Å². The van der Waals surface area contributed by atoms with Gasteiger partial charge in [0.25, 0.3) is 0 Å². The Kier molecular flexibility index (Phi) is 4.13. The Balaban J connectivity index is 2.31. The molecule has 1 N–H and O–H groups in total. The Bertz CT molecular complexity index is 443. The molecule has 1 aliphatic heterocycles. The van der Waals surface area contributed by atoms with E-state index in [-0.39, 0.29) is 12.1 Å². The maximum absolute atomic E-state index is 9.49. The summed E-state index contributed by atoms with van der Waals surface area (Å²) in [6, 6.07) is 10.5. The van der Waals surface area contributed by atoms with Gasteiger partial charge in [0, 0.05) is 13.1 Å². The van der Waals surface area contributed by atoms with Gasteiger partial charge in [0.05, 0.1) is 12.1 Å². The third kappa shape index (κ3) is 2.61. The molecule has 1 aliphatic rings. The average molecular weight is 241 g/mol. The number of aliphatic hydroxyl groups is 1. The molecule has 1 fully saturated rings. The van der Waals surface area contributed by atoms with E-state index >= 15 is 0 Å². The van der Waals surface area contributed by atoms with Crippen LogP contribution in [0.15, 0.2) is 67.3 Å². The molecule has 0 amide bonds. The van der Waals surface area contributed by atoms with Gasteiger partial charge in [-0.1, -0.05) is 61.7 Å². The second-order valence-electron chi connectivity index (χ2n) is 4.53. The van der Waals surface area contributed by atoms with Gasteiger partial charge in [-0.25, -0.2) is 0 Å². The molecule has 2 nitrogen and oxygen atoms in total. The van der Waals surface area contributed by atoms with Gasteiger partial charge in [-0.15, -0.1) is 0 Å². The molecular weight excluding hydrogens is 222 g/mol. The van der Waals surface area contributed by atoms with Crippen LogP contribution in [-0.2, 0) is 0 Å². The van der Waals surface area contributed by atoms with Crippen molar-refractivity contribution in [2.45, 2.75) is 12.1 Å². The molecule has 2 rings (SSSR count). The Morgan fingerprint density at radius 1 is 1.28 bits per heavy atom. The maximum Gasteiger partial charge on any atom is 0.0794 e. The molecule has 0 radical (unpaired) electrons. The van der Waals surface area contributed by atoms with Crippen LogP contribution < -0.4 is 0 Å². The first-order chi connectivity index (χ1) is 8.76. The van der Waals surface area contributed by atoms with Crippen molar-refractivity contribution in [1.82, 2.24) is 4.90 Å². The first kappa shape index (κ1) is 12.8. The van der Waals surface area contributed by atoms with Crippen molar-refractivity contribution in [3.05, 3.63) is 72.9 Å². The Labute approximate surface area is 109 Å².